The molecule has 106 valence electrons. The van der Waals surface area contributed by atoms with Gasteiger partial charge in [-0.15, -0.1) is 0 Å². The molecule has 1 aliphatic carbocycles. The van der Waals surface area contributed by atoms with Crippen LogP contribution < -0.4 is 0 Å². The van der Waals surface area contributed by atoms with Gasteiger partial charge in [-0.25, -0.2) is 0 Å². The Kier molecular flexibility index (Phi) is 5.00. The largest absolute Gasteiger partial charge is 0.393 e. The SMILES string of the molecule is CCc1ccc(C(C2CCC(O)CC2)N(C)C)cc1. The maximum atomic E-state index is 9.67. The van der Waals surface area contributed by atoms with Crippen LogP contribution in [-0.2, 0) is 6.42 Å². The highest BCUT2D eigenvalue weighted by atomic mass is 16.3. The van der Waals surface area contributed by atoms with Gasteiger partial charge in [-0.3, -0.25) is 0 Å². The molecule has 2 nitrogen and oxygen atoms in total. The van der Waals surface area contributed by atoms with E-state index in [1.807, 2.05) is 0 Å². The molecule has 2 heteroatoms. The molecule has 0 amide bonds. The lowest BCUT2D eigenvalue weighted by atomic mass is 9.79. The number of benzene rings is 1. The van der Waals surface area contributed by atoms with Crippen molar-refractivity contribution in [2.45, 2.75) is 51.2 Å². The van der Waals surface area contributed by atoms with Crippen molar-refractivity contribution < 1.29 is 5.11 Å². The molecule has 1 saturated carbocycles. The fourth-order valence-corrected chi connectivity index (χ4v) is 3.36. The molecule has 0 bridgehead atoms. The van der Waals surface area contributed by atoms with E-state index in [1.165, 1.54) is 11.1 Å². The van der Waals surface area contributed by atoms with Crippen LogP contribution in [0.4, 0.5) is 0 Å². The molecular formula is C17H27NO. The normalized spacial score (nSPS) is 25.5. The van der Waals surface area contributed by atoms with E-state index in [9.17, 15) is 5.11 Å². The van der Waals surface area contributed by atoms with Crippen molar-refractivity contribution in [3.63, 3.8) is 0 Å². The number of nitrogens with zero attached hydrogens (tertiary/aromatic N) is 1. The van der Waals surface area contributed by atoms with Crippen molar-refractivity contribution in [1.82, 2.24) is 4.90 Å². The summed E-state index contributed by atoms with van der Waals surface area (Å²) >= 11 is 0. The maximum absolute atomic E-state index is 9.67. The summed E-state index contributed by atoms with van der Waals surface area (Å²) in [5.74, 6) is 0.672. The minimum absolute atomic E-state index is 0.0680. The Morgan fingerprint density at radius 2 is 1.68 bits per heavy atom. The summed E-state index contributed by atoms with van der Waals surface area (Å²) in [6.07, 6.45) is 5.23. The number of rotatable bonds is 4. The van der Waals surface area contributed by atoms with Gasteiger partial charge in [0.2, 0.25) is 0 Å². The second-order valence-electron chi connectivity index (χ2n) is 6.07. The zero-order valence-electron chi connectivity index (χ0n) is 12.5. The highest BCUT2D eigenvalue weighted by molar-refractivity contribution is 5.25. The summed E-state index contributed by atoms with van der Waals surface area (Å²) < 4.78 is 0. The first-order valence-electron chi connectivity index (χ1n) is 7.55. The first-order valence-corrected chi connectivity index (χ1v) is 7.55. The molecule has 1 aliphatic rings. The minimum Gasteiger partial charge on any atom is -0.393 e. The molecule has 0 radical (unpaired) electrons. The number of hydrogen-bond donors (Lipinski definition) is 1. The van der Waals surface area contributed by atoms with E-state index in [1.54, 1.807) is 0 Å². The number of aliphatic hydroxyl groups excluding tert-OH is 1. The van der Waals surface area contributed by atoms with Crippen molar-refractivity contribution >= 4 is 0 Å². The topological polar surface area (TPSA) is 23.5 Å². The van der Waals surface area contributed by atoms with Crippen LogP contribution >= 0.6 is 0 Å². The van der Waals surface area contributed by atoms with E-state index in [-0.39, 0.29) is 6.10 Å². The van der Waals surface area contributed by atoms with Crippen molar-refractivity contribution in [3.05, 3.63) is 35.4 Å². The van der Waals surface area contributed by atoms with Gasteiger partial charge in [0.05, 0.1) is 6.10 Å². The summed E-state index contributed by atoms with van der Waals surface area (Å²) in [6.45, 7) is 2.20. The van der Waals surface area contributed by atoms with Crippen molar-refractivity contribution in [2.24, 2.45) is 5.92 Å². The molecule has 0 saturated heterocycles. The zero-order chi connectivity index (χ0) is 13.8. The van der Waals surface area contributed by atoms with Crippen LogP contribution in [0.2, 0.25) is 0 Å². The molecular weight excluding hydrogens is 234 g/mol. The predicted octanol–water partition coefficient (Wildman–Crippen LogP) is 3.40. The van der Waals surface area contributed by atoms with Gasteiger partial charge in [-0.2, -0.15) is 0 Å². The fraction of sp³-hybridized carbons (Fsp3) is 0.647. The highest BCUT2D eigenvalue weighted by Crippen LogP contribution is 2.37. The van der Waals surface area contributed by atoms with E-state index < -0.39 is 0 Å². The lowest BCUT2D eigenvalue weighted by Crippen LogP contribution is -2.31. The van der Waals surface area contributed by atoms with Crippen molar-refractivity contribution in [1.29, 1.82) is 0 Å². The van der Waals surface area contributed by atoms with Crippen molar-refractivity contribution in [2.75, 3.05) is 14.1 Å². The van der Waals surface area contributed by atoms with Crippen molar-refractivity contribution in [3.8, 4) is 0 Å². The quantitative estimate of drug-likeness (QED) is 0.898. The number of hydrogen-bond acceptors (Lipinski definition) is 2. The van der Waals surface area contributed by atoms with Gasteiger partial charge in [-0.1, -0.05) is 31.2 Å². The second-order valence-corrected chi connectivity index (χ2v) is 6.07. The Balaban J connectivity index is 2.14. The Morgan fingerprint density at radius 3 is 2.16 bits per heavy atom. The van der Waals surface area contributed by atoms with Gasteiger partial charge in [0.15, 0.2) is 0 Å². The van der Waals surface area contributed by atoms with Crippen LogP contribution in [0.3, 0.4) is 0 Å². The lowest BCUT2D eigenvalue weighted by Gasteiger charge is -2.36. The third kappa shape index (κ3) is 3.58. The molecule has 1 aromatic carbocycles. The van der Waals surface area contributed by atoms with Gasteiger partial charge in [0, 0.05) is 6.04 Å². The average molecular weight is 261 g/mol. The summed E-state index contributed by atoms with van der Waals surface area (Å²) in [5.41, 5.74) is 2.82. The van der Waals surface area contributed by atoms with Crippen LogP contribution in [0.25, 0.3) is 0 Å². The van der Waals surface area contributed by atoms with E-state index in [0.717, 1.165) is 32.1 Å². The van der Waals surface area contributed by atoms with Gasteiger partial charge in [0.1, 0.15) is 0 Å². The molecule has 0 aliphatic heterocycles. The molecule has 1 fully saturated rings. The van der Waals surface area contributed by atoms with Crippen LogP contribution in [0, 0.1) is 5.92 Å². The summed E-state index contributed by atoms with van der Waals surface area (Å²) in [4.78, 5) is 2.34. The Hall–Kier alpha value is -0.860. The monoisotopic (exact) mass is 261 g/mol. The standard InChI is InChI=1S/C17H27NO/c1-4-13-5-7-14(8-6-13)17(18(2)3)15-9-11-16(19)12-10-15/h5-8,15-17,19H,4,9-12H2,1-3H3. The second kappa shape index (κ2) is 6.53. The molecule has 1 unspecified atom stereocenters. The third-order valence-corrected chi connectivity index (χ3v) is 4.47. The van der Waals surface area contributed by atoms with E-state index >= 15 is 0 Å². The summed E-state index contributed by atoms with van der Waals surface area (Å²) in [7, 11) is 4.34. The van der Waals surface area contributed by atoms with Gasteiger partial charge < -0.3 is 10.0 Å². The molecule has 0 spiro atoms. The van der Waals surface area contributed by atoms with E-state index in [0.29, 0.717) is 12.0 Å². The zero-order valence-corrected chi connectivity index (χ0v) is 12.5. The van der Waals surface area contributed by atoms with Crippen LogP contribution in [0.15, 0.2) is 24.3 Å². The van der Waals surface area contributed by atoms with Gasteiger partial charge >= 0.3 is 0 Å². The van der Waals surface area contributed by atoms with Crippen LogP contribution in [-0.4, -0.2) is 30.2 Å². The molecule has 19 heavy (non-hydrogen) atoms. The molecule has 1 N–H and O–H groups in total. The molecule has 1 aromatic rings. The predicted molar refractivity (Wildman–Crippen MR) is 80.2 cm³/mol. The molecule has 1 atom stereocenters. The van der Waals surface area contributed by atoms with Gasteiger partial charge in [0.25, 0.3) is 0 Å². The van der Waals surface area contributed by atoms with Crippen LogP contribution in [0.1, 0.15) is 49.8 Å². The summed E-state index contributed by atoms with van der Waals surface area (Å²) in [6, 6.07) is 9.56. The molecule has 2 rings (SSSR count). The maximum Gasteiger partial charge on any atom is 0.0540 e. The number of aliphatic hydroxyl groups is 1. The highest BCUT2D eigenvalue weighted by Gasteiger charge is 2.29. The Bertz CT molecular complexity index is 377. The minimum atomic E-state index is -0.0680. The Morgan fingerprint density at radius 1 is 1.11 bits per heavy atom. The van der Waals surface area contributed by atoms with E-state index in [4.69, 9.17) is 0 Å². The number of aryl methyl sites for hydroxylation is 1. The third-order valence-electron chi connectivity index (χ3n) is 4.47. The first-order chi connectivity index (χ1) is 9.11. The van der Waals surface area contributed by atoms with Gasteiger partial charge in [-0.05, 0) is 63.2 Å². The smallest absolute Gasteiger partial charge is 0.0540 e. The Labute approximate surface area is 117 Å². The van der Waals surface area contributed by atoms with Crippen LogP contribution in [0.5, 0.6) is 0 Å². The fourth-order valence-electron chi connectivity index (χ4n) is 3.36. The summed E-state index contributed by atoms with van der Waals surface area (Å²) in [5, 5.41) is 9.67. The lowest BCUT2D eigenvalue weighted by molar-refractivity contribution is 0.0779. The average Bonchev–Trinajstić information content (AvgIpc) is 2.42. The first kappa shape index (κ1) is 14.5. The van der Waals surface area contributed by atoms with E-state index in [2.05, 4.69) is 50.2 Å². The molecule has 0 aromatic heterocycles. The molecule has 0 heterocycles.